The number of esters is 1. The van der Waals surface area contributed by atoms with Crippen LogP contribution in [0.2, 0.25) is 0 Å². The number of ether oxygens (including phenoxy) is 1. The molecule has 1 aromatic rings. The maximum absolute atomic E-state index is 12.1. The van der Waals surface area contributed by atoms with Crippen molar-refractivity contribution in [2.75, 3.05) is 0 Å². The van der Waals surface area contributed by atoms with Crippen molar-refractivity contribution in [1.82, 2.24) is 0 Å². The second-order valence-corrected chi connectivity index (χ2v) is 9.18. The van der Waals surface area contributed by atoms with E-state index in [4.69, 9.17) is 4.74 Å². The highest BCUT2D eigenvalue weighted by molar-refractivity contribution is 5.69. The molecule has 28 heavy (non-hydrogen) atoms. The summed E-state index contributed by atoms with van der Waals surface area (Å²) in [6.07, 6.45) is 11.6. The maximum Gasteiger partial charge on any atom is 0.306 e. The van der Waals surface area contributed by atoms with Crippen LogP contribution in [0.15, 0.2) is 6.07 Å². The Hall–Kier alpha value is -1.51. The Labute approximate surface area is 172 Å². The number of phenolic OH excluding ortho intramolecular Hbond substituents is 1. The van der Waals surface area contributed by atoms with E-state index in [2.05, 4.69) is 27.7 Å². The van der Waals surface area contributed by atoms with Gasteiger partial charge in [-0.1, -0.05) is 85.1 Å². The summed E-state index contributed by atoms with van der Waals surface area (Å²) in [5.41, 5.74) is 3.63. The Morgan fingerprint density at radius 2 is 1.50 bits per heavy atom. The second kappa shape index (κ2) is 12.1. The lowest BCUT2D eigenvalue weighted by atomic mass is 9.83. The van der Waals surface area contributed by atoms with Gasteiger partial charge in [0.1, 0.15) is 12.4 Å². The van der Waals surface area contributed by atoms with Gasteiger partial charge in [-0.05, 0) is 47.9 Å². The van der Waals surface area contributed by atoms with Gasteiger partial charge in [0.25, 0.3) is 0 Å². The number of carbonyl (C=O) groups excluding carboxylic acids is 1. The average Bonchev–Trinajstić information content (AvgIpc) is 2.62. The summed E-state index contributed by atoms with van der Waals surface area (Å²) in [6, 6.07) is 2.02. The molecule has 0 heterocycles. The second-order valence-electron chi connectivity index (χ2n) is 9.18. The molecule has 0 aliphatic rings. The highest BCUT2D eigenvalue weighted by Gasteiger charge is 2.22. The summed E-state index contributed by atoms with van der Waals surface area (Å²) in [5, 5.41) is 10.6. The summed E-state index contributed by atoms with van der Waals surface area (Å²) >= 11 is 0. The number of aryl methyl sites for hydroxylation is 1. The van der Waals surface area contributed by atoms with E-state index in [1.807, 2.05) is 19.9 Å². The first-order valence-corrected chi connectivity index (χ1v) is 11.2. The minimum atomic E-state index is -0.138. The third-order valence-corrected chi connectivity index (χ3v) is 5.57. The van der Waals surface area contributed by atoms with Gasteiger partial charge in [0.05, 0.1) is 0 Å². The highest BCUT2D eigenvalue weighted by Crippen LogP contribution is 2.36. The zero-order valence-electron chi connectivity index (χ0n) is 19.1. The van der Waals surface area contributed by atoms with Gasteiger partial charge in [0.2, 0.25) is 0 Å². The minimum Gasteiger partial charge on any atom is -0.507 e. The van der Waals surface area contributed by atoms with Crippen LogP contribution in [0.25, 0.3) is 0 Å². The van der Waals surface area contributed by atoms with Crippen molar-refractivity contribution in [2.24, 2.45) is 0 Å². The van der Waals surface area contributed by atoms with Crippen LogP contribution < -0.4 is 0 Å². The Kier molecular flexibility index (Phi) is 10.6. The molecule has 1 aromatic carbocycles. The molecule has 0 aliphatic carbocycles. The number of aromatic hydroxyl groups is 1. The number of benzene rings is 1. The van der Waals surface area contributed by atoms with E-state index < -0.39 is 0 Å². The zero-order valence-corrected chi connectivity index (χ0v) is 19.1. The van der Waals surface area contributed by atoms with Gasteiger partial charge in [-0.3, -0.25) is 4.79 Å². The van der Waals surface area contributed by atoms with Crippen molar-refractivity contribution in [3.8, 4) is 5.75 Å². The van der Waals surface area contributed by atoms with E-state index in [0.29, 0.717) is 12.2 Å². The SMILES string of the molecule is CCCCCCCCCCCC(=O)OCc1c(C)cc(C(C)(C)C)c(O)c1C. The first-order valence-electron chi connectivity index (χ1n) is 11.2. The lowest BCUT2D eigenvalue weighted by Crippen LogP contribution is -2.14. The number of phenols is 1. The molecule has 0 radical (unpaired) electrons. The predicted octanol–water partition coefficient (Wildman–Crippen LogP) is 7.27. The number of hydrogen-bond acceptors (Lipinski definition) is 3. The van der Waals surface area contributed by atoms with E-state index in [1.165, 1.54) is 44.9 Å². The fourth-order valence-corrected chi connectivity index (χ4v) is 3.61. The number of rotatable bonds is 12. The predicted molar refractivity (Wildman–Crippen MR) is 118 cm³/mol. The Morgan fingerprint density at radius 1 is 0.964 bits per heavy atom. The van der Waals surface area contributed by atoms with Crippen LogP contribution >= 0.6 is 0 Å². The van der Waals surface area contributed by atoms with Crippen LogP contribution in [-0.2, 0) is 21.6 Å². The molecule has 3 nitrogen and oxygen atoms in total. The first-order chi connectivity index (χ1) is 13.2. The number of carbonyl (C=O) groups is 1. The van der Waals surface area contributed by atoms with E-state index in [9.17, 15) is 9.90 Å². The summed E-state index contributed by atoms with van der Waals surface area (Å²) in [7, 11) is 0. The van der Waals surface area contributed by atoms with Gasteiger partial charge in [-0.2, -0.15) is 0 Å². The zero-order chi connectivity index (χ0) is 21.2. The molecule has 0 aliphatic heterocycles. The van der Waals surface area contributed by atoms with Gasteiger partial charge in [-0.15, -0.1) is 0 Å². The van der Waals surface area contributed by atoms with Crippen LogP contribution in [0.5, 0.6) is 5.75 Å². The van der Waals surface area contributed by atoms with Crippen molar-refractivity contribution in [1.29, 1.82) is 0 Å². The van der Waals surface area contributed by atoms with E-state index in [0.717, 1.165) is 35.1 Å². The molecule has 0 aromatic heterocycles. The summed E-state index contributed by atoms with van der Waals surface area (Å²) < 4.78 is 5.49. The van der Waals surface area contributed by atoms with Gasteiger partial charge < -0.3 is 9.84 Å². The Bertz CT molecular complexity index is 611. The largest absolute Gasteiger partial charge is 0.507 e. The highest BCUT2D eigenvalue weighted by atomic mass is 16.5. The van der Waals surface area contributed by atoms with Gasteiger partial charge >= 0.3 is 5.97 Å². The molecule has 3 heteroatoms. The summed E-state index contributed by atoms with van der Waals surface area (Å²) in [6.45, 7) is 12.7. The van der Waals surface area contributed by atoms with E-state index in [1.54, 1.807) is 0 Å². The third kappa shape index (κ3) is 8.24. The minimum absolute atomic E-state index is 0.120. The van der Waals surface area contributed by atoms with Crippen LogP contribution in [0.4, 0.5) is 0 Å². The lowest BCUT2D eigenvalue weighted by Gasteiger charge is -2.24. The van der Waals surface area contributed by atoms with Gasteiger partial charge in [0.15, 0.2) is 0 Å². The molecule has 0 saturated heterocycles. The van der Waals surface area contributed by atoms with E-state index in [-0.39, 0.29) is 18.0 Å². The number of hydrogen-bond donors (Lipinski definition) is 1. The van der Waals surface area contributed by atoms with Crippen LogP contribution in [0.3, 0.4) is 0 Å². The first kappa shape index (κ1) is 24.5. The third-order valence-electron chi connectivity index (χ3n) is 5.57. The maximum atomic E-state index is 12.1. The molecule has 0 fully saturated rings. The molecule has 160 valence electrons. The van der Waals surface area contributed by atoms with Gasteiger partial charge in [-0.25, -0.2) is 0 Å². The monoisotopic (exact) mass is 390 g/mol. The average molecular weight is 391 g/mol. The van der Waals surface area contributed by atoms with Crippen molar-refractivity contribution in [2.45, 2.75) is 118 Å². The molecule has 1 N–H and O–H groups in total. The van der Waals surface area contributed by atoms with Crippen molar-refractivity contribution in [3.05, 3.63) is 28.3 Å². The van der Waals surface area contributed by atoms with Crippen molar-refractivity contribution >= 4 is 5.97 Å². The van der Waals surface area contributed by atoms with Crippen molar-refractivity contribution < 1.29 is 14.6 Å². The fourth-order valence-electron chi connectivity index (χ4n) is 3.61. The topological polar surface area (TPSA) is 46.5 Å². The quantitative estimate of drug-likeness (QED) is 0.301. The molecular formula is C25H42O3. The number of unbranched alkanes of at least 4 members (excludes halogenated alkanes) is 8. The van der Waals surface area contributed by atoms with Gasteiger partial charge in [0, 0.05) is 6.42 Å². The fraction of sp³-hybridized carbons (Fsp3) is 0.720. The molecule has 0 bridgehead atoms. The Morgan fingerprint density at radius 3 is 2.04 bits per heavy atom. The molecule has 0 spiro atoms. The standard InChI is InChI=1S/C25H42O3/c1-7-8-9-10-11-12-13-14-15-16-23(26)28-18-21-19(2)17-22(25(4,5)6)24(27)20(21)3/h17,27H,7-16,18H2,1-6H3. The molecular weight excluding hydrogens is 348 g/mol. The Balaban J connectivity index is 2.37. The van der Waals surface area contributed by atoms with E-state index >= 15 is 0 Å². The molecule has 0 saturated carbocycles. The summed E-state index contributed by atoms with van der Waals surface area (Å²) in [4.78, 5) is 12.1. The smallest absolute Gasteiger partial charge is 0.306 e. The molecule has 0 amide bonds. The van der Waals surface area contributed by atoms with Crippen LogP contribution in [-0.4, -0.2) is 11.1 Å². The normalized spacial score (nSPS) is 11.6. The summed E-state index contributed by atoms with van der Waals surface area (Å²) in [5.74, 6) is 0.184. The van der Waals surface area contributed by atoms with Crippen molar-refractivity contribution in [3.63, 3.8) is 0 Å². The molecule has 0 unspecified atom stereocenters. The molecule has 0 atom stereocenters. The van der Waals surface area contributed by atoms with Crippen LogP contribution in [0, 0.1) is 13.8 Å². The molecule has 1 rings (SSSR count). The van der Waals surface area contributed by atoms with Crippen LogP contribution in [0.1, 0.15) is 114 Å². The lowest BCUT2D eigenvalue weighted by molar-refractivity contribution is -0.145.